The molecule has 3 rings (SSSR count). The average molecular weight is 304 g/mol. The van der Waals surface area contributed by atoms with Gasteiger partial charge in [-0.2, -0.15) is 0 Å². The molecule has 1 heterocycles. The summed E-state index contributed by atoms with van der Waals surface area (Å²) >= 11 is 6.14. The third-order valence-corrected chi connectivity index (χ3v) is 3.90. The Morgan fingerprint density at radius 1 is 1.24 bits per heavy atom. The van der Waals surface area contributed by atoms with Gasteiger partial charge in [0.2, 0.25) is 5.95 Å². The summed E-state index contributed by atoms with van der Waals surface area (Å²) < 4.78 is 15.6. The third-order valence-electron chi connectivity index (χ3n) is 3.60. The molecule has 0 amide bonds. The Kier molecular flexibility index (Phi) is 3.33. The lowest BCUT2D eigenvalue weighted by Gasteiger charge is -2.10. The number of aromatic nitrogens is 2. The van der Waals surface area contributed by atoms with Gasteiger partial charge in [-0.3, -0.25) is 0 Å². The van der Waals surface area contributed by atoms with Crippen LogP contribution in [0.3, 0.4) is 0 Å². The molecule has 21 heavy (non-hydrogen) atoms. The zero-order valence-electron chi connectivity index (χ0n) is 11.8. The van der Waals surface area contributed by atoms with Gasteiger partial charge in [0.1, 0.15) is 11.3 Å². The maximum atomic E-state index is 13.7. The summed E-state index contributed by atoms with van der Waals surface area (Å²) in [5, 5.41) is 0.574. The number of benzene rings is 2. The molecule has 2 N–H and O–H groups in total. The van der Waals surface area contributed by atoms with Gasteiger partial charge in [0.25, 0.3) is 0 Å². The van der Waals surface area contributed by atoms with Crippen molar-refractivity contribution in [3.63, 3.8) is 0 Å². The van der Waals surface area contributed by atoms with E-state index in [1.807, 2.05) is 28.8 Å². The van der Waals surface area contributed by atoms with Gasteiger partial charge in [-0.1, -0.05) is 29.8 Å². The molecule has 0 unspecified atom stereocenters. The molecular formula is C16H15ClFN3. The van der Waals surface area contributed by atoms with Gasteiger partial charge in [-0.15, -0.1) is 0 Å². The van der Waals surface area contributed by atoms with Crippen LogP contribution in [0.5, 0.6) is 0 Å². The Morgan fingerprint density at radius 2 is 1.90 bits per heavy atom. The van der Waals surface area contributed by atoms with Crippen molar-refractivity contribution in [2.45, 2.75) is 20.4 Å². The van der Waals surface area contributed by atoms with Crippen molar-refractivity contribution < 1.29 is 4.39 Å². The molecule has 3 aromatic rings. The van der Waals surface area contributed by atoms with Gasteiger partial charge in [-0.05, 0) is 42.7 Å². The van der Waals surface area contributed by atoms with E-state index in [1.54, 1.807) is 19.9 Å². The van der Waals surface area contributed by atoms with Crippen molar-refractivity contribution in [3.05, 3.63) is 57.9 Å². The number of imidazole rings is 1. The van der Waals surface area contributed by atoms with E-state index in [9.17, 15) is 4.39 Å². The molecule has 0 radical (unpaired) electrons. The van der Waals surface area contributed by atoms with E-state index >= 15 is 0 Å². The smallest absolute Gasteiger partial charge is 0.201 e. The summed E-state index contributed by atoms with van der Waals surface area (Å²) in [6, 6.07) is 9.24. The predicted molar refractivity (Wildman–Crippen MR) is 84.1 cm³/mol. The van der Waals surface area contributed by atoms with Crippen LogP contribution in [0.25, 0.3) is 11.0 Å². The molecule has 3 nitrogen and oxygen atoms in total. The number of nitrogen functional groups attached to an aromatic ring is 1. The summed E-state index contributed by atoms with van der Waals surface area (Å²) in [5.41, 5.74) is 9.80. The minimum absolute atomic E-state index is 0.162. The van der Waals surface area contributed by atoms with Crippen LogP contribution in [-0.4, -0.2) is 9.55 Å². The first-order chi connectivity index (χ1) is 9.97. The highest BCUT2D eigenvalue weighted by Crippen LogP contribution is 2.26. The summed E-state index contributed by atoms with van der Waals surface area (Å²) in [6.45, 7) is 4.06. The number of nitrogens with two attached hydrogens (primary N) is 1. The van der Waals surface area contributed by atoms with E-state index in [0.717, 1.165) is 11.1 Å². The summed E-state index contributed by atoms with van der Waals surface area (Å²) in [7, 11) is 0. The maximum Gasteiger partial charge on any atom is 0.201 e. The van der Waals surface area contributed by atoms with Gasteiger partial charge in [0.15, 0.2) is 0 Å². The summed E-state index contributed by atoms with van der Waals surface area (Å²) in [6.07, 6.45) is 0. The highest BCUT2D eigenvalue weighted by Gasteiger charge is 2.12. The fourth-order valence-electron chi connectivity index (χ4n) is 2.61. The molecule has 108 valence electrons. The van der Waals surface area contributed by atoms with Crippen LogP contribution in [0.2, 0.25) is 5.02 Å². The van der Waals surface area contributed by atoms with Gasteiger partial charge in [0.05, 0.1) is 17.1 Å². The van der Waals surface area contributed by atoms with Crippen LogP contribution in [0.15, 0.2) is 30.3 Å². The van der Waals surface area contributed by atoms with Gasteiger partial charge in [-0.25, -0.2) is 9.37 Å². The van der Waals surface area contributed by atoms with Crippen molar-refractivity contribution >= 4 is 28.6 Å². The van der Waals surface area contributed by atoms with Crippen molar-refractivity contribution in [1.29, 1.82) is 0 Å². The zero-order valence-corrected chi connectivity index (χ0v) is 12.6. The number of hydrogen-bond acceptors (Lipinski definition) is 2. The summed E-state index contributed by atoms with van der Waals surface area (Å²) in [5.74, 6) is 0.239. The molecule has 0 aliphatic heterocycles. The molecular weight excluding hydrogens is 289 g/mol. The summed E-state index contributed by atoms with van der Waals surface area (Å²) in [4.78, 5) is 4.31. The number of para-hydroxylation sites is 1. The fourth-order valence-corrected chi connectivity index (χ4v) is 2.82. The average Bonchev–Trinajstić information content (AvgIpc) is 2.75. The van der Waals surface area contributed by atoms with Crippen LogP contribution in [0.1, 0.15) is 16.7 Å². The van der Waals surface area contributed by atoms with Crippen molar-refractivity contribution in [3.8, 4) is 0 Å². The number of hydrogen-bond donors (Lipinski definition) is 1. The number of halogens is 2. The molecule has 0 saturated carbocycles. The second-order valence-corrected chi connectivity index (χ2v) is 5.61. The number of nitrogens with zero attached hydrogens (tertiary/aromatic N) is 2. The van der Waals surface area contributed by atoms with Crippen LogP contribution in [0.4, 0.5) is 10.3 Å². The van der Waals surface area contributed by atoms with E-state index in [2.05, 4.69) is 4.98 Å². The minimum atomic E-state index is -0.162. The number of aryl methyl sites for hydroxylation is 2. The van der Waals surface area contributed by atoms with E-state index in [-0.39, 0.29) is 5.82 Å². The highest BCUT2D eigenvalue weighted by molar-refractivity contribution is 6.35. The second-order valence-electron chi connectivity index (χ2n) is 5.21. The number of fused-ring (bicyclic) bond motifs is 1. The SMILES string of the molecule is Cc1cc(Cn2c(N)nc3c(Cl)cccc32)cc(C)c1F. The van der Waals surface area contributed by atoms with Gasteiger partial charge in [0, 0.05) is 0 Å². The van der Waals surface area contributed by atoms with Gasteiger partial charge < -0.3 is 10.3 Å². The second kappa shape index (κ2) is 5.04. The molecule has 0 aliphatic rings. The highest BCUT2D eigenvalue weighted by atomic mass is 35.5. The minimum Gasteiger partial charge on any atom is -0.369 e. The lowest BCUT2D eigenvalue weighted by Crippen LogP contribution is -2.05. The van der Waals surface area contributed by atoms with Crippen molar-refractivity contribution in [2.75, 3.05) is 5.73 Å². The largest absolute Gasteiger partial charge is 0.369 e. The number of rotatable bonds is 2. The maximum absolute atomic E-state index is 13.7. The molecule has 0 saturated heterocycles. The lowest BCUT2D eigenvalue weighted by atomic mass is 10.1. The first-order valence-electron chi connectivity index (χ1n) is 6.63. The zero-order chi connectivity index (χ0) is 15.1. The van der Waals surface area contributed by atoms with Crippen LogP contribution >= 0.6 is 11.6 Å². The monoisotopic (exact) mass is 303 g/mol. The van der Waals surface area contributed by atoms with Crippen LogP contribution < -0.4 is 5.73 Å². The predicted octanol–water partition coefficient (Wildman–Crippen LogP) is 4.08. The molecule has 0 spiro atoms. The van der Waals surface area contributed by atoms with E-state index in [4.69, 9.17) is 17.3 Å². The molecule has 2 aromatic carbocycles. The Labute approximate surface area is 127 Å². The fraction of sp³-hybridized carbons (Fsp3) is 0.188. The third kappa shape index (κ3) is 2.36. The molecule has 0 fully saturated rings. The number of anilines is 1. The Morgan fingerprint density at radius 3 is 2.57 bits per heavy atom. The van der Waals surface area contributed by atoms with Crippen LogP contribution in [-0.2, 0) is 6.54 Å². The lowest BCUT2D eigenvalue weighted by molar-refractivity contribution is 0.607. The van der Waals surface area contributed by atoms with Crippen LogP contribution in [0, 0.1) is 19.7 Å². The quantitative estimate of drug-likeness (QED) is 0.775. The van der Waals surface area contributed by atoms with Crippen molar-refractivity contribution in [1.82, 2.24) is 9.55 Å². The molecule has 0 bridgehead atoms. The topological polar surface area (TPSA) is 43.8 Å². The van der Waals surface area contributed by atoms with E-state index in [1.165, 1.54) is 0 Å². The first-order valence-corrected chi connectivity index (χ1v) is 7.01. The van der Waals surface area contributed by atoms with E-state index < -0.39 is 0 Å². The molecule has 1 aromatic heterocycles. The molecule has 0 atom stereocenters. The Bertz CT molecular complexity index is 816. The van der Waals surface area contributed by atoms with E-state index in [0.29, 0.717) is 34.2 Å². The van der Waals surface area contributed by atoms with Crippen molar-refractivity contribution in [2.24, 2.45) is 0 Å². The molecule has 5 heteroatoms. The standard InChI is InChI=1S/C16H15ClFN3/c1-9-6-11(7-10(2)14(9)18)8-21-13-5-3-4-12(17)15(13)20-16(21)19/h3-7H,8H2,1-2H3,(H2,19,20). The first kappa shape index (κ1) is 13.9. The Balaban J connectivity index is 2.10. The molecule has 0 aliphatic carbocycles. The van der Waals surface area contributed by atoms with Gasteiger partial charge >= 0.3 is 0 Å². The Hall–Kier alpha value is -2.07. The normalized spacial score (nSPS) is 11.2.